The molecule has 0 unspecified atom stereocenters. The Morgan fingerprint density at radius 2 is 1.78 bits per heavy atom. The first-order valence-electron chi connectivity index (χ1n) is 11.5. The first-order valence-corrected chi connectivity index (χ1v) is 13.1. The van der Waals surface area contributed by atoms with E-state index in [4.69, 9.17) is 4.74 Å². The summed E-state index contributed by atoms with van der Waals surface area (Å²) in [5.41, 5.74) is 4.01. The van der Waals surface area contributed by atoms with Crippen molar-refractivity contribution in [3.05, 3.63) is 78.0 Å². The number of urea groups is 1. The first kappa shape index (κ1) is 23.1. The average Bonchev–Trinajstić information content (AvgIpc) is 3.53. The lowest BCUT2D eigenvalue weighted by Crippen LogP contribution is -2.40. The van der Waals surface area contributed by atoms with Gasteiger partial charge in [-0.25, -0.2) is 19.6 Å². The third-order valence-corrected chi connectivity index (χ3v) is 8.07. The molecule has 10 heteroatoms. The van der Waals surface area contributed by atoms with Crippen molar-refractivity contribution >= 4 is 55.7 Å². The van der Waals surface area contributed by atoms with E-state index < -0.39 is 5.97 Å². The molecule has 0 fully saturated rings. The maximum atomic E-state index is 13.3. The number of nitrogens with zero attached hydrogens (tertiary/aromatic N) is 3. The van der Waals surface area contributed by atoms with Crippen molar-refractivity contribution in [3.8, 4) is 26.8 Å². The van der Waals surface area contributed by atoms with E-state index in [1.54, 1.807) is 11.0 Å². The first-order chi connectivity index (χ1) is 18.0. The molecule has 3 heterocycles. The molecule has 1 aliphatic rings. The second kappa shape index (κ2) is 9.30. The molecule has 2 N–H and O–H groups in total. The summed E-state index contributed by atoms with van der Waals surface area (Å²) in [5.74, 6) is -0.514. The number of thiazole rings is 2. The van der Waals surface area contributed by atoms with Gasteiger partial charge >= 0.3 is 12.0 Å². The Bertz CT molecular complexity index is 1630. The van der Waals surface area contributed by atoms with Gasteiger partial charge in [-0.3, -0.25) is 10.2 Å². The van der Waals surface area contributed by atoms with Gasteiger partial charge in [0.05, 0.1) is 27.3 Å². The fourth-order valence-corrected chi connectivity index (χ4v) is 6.05. The van der Waals surface area contributed by atoms with Crippen LogP contribution in [0.2, 0.25) is 0 Å². The SMILES string of the molecule is Cc1ccc(-c2sc(-c3ccc4c(c3)N(C(=O)Nc3nc5ccccc5s3)CCO4)nc2C(=O)O)cc1. The number of amides is 2. The van der Waals surface area contributed by atoms with Crippen molar-refractivity contribution in [1.29, 1.82) is 0 Å². The summed E-state index contributed by atoms with van der Waals surface area (Å²) >= 11 is 2.72. The molecule has 5 aromatic rings. The molecule has 0 bridgehead atoms. The highest BCUT2D eigenvalue weighted by atomic mass is 32.1. The summed E-state index contributed by atoms with van der Waals surface area (Å²) in [6, 6.07) is 20.5. The van der Waals surface area contributed by atoms with E-state index in [0.717, 1.165) is 21.3 Å². The van der Waals surface area contributed by atoms with Crippen LogP contribution in [0.4, 0.5) is 15.6 Å². The molecule has 37 heavy (non-hydrogen) atoms. The highest BCUT2D eigenvalue weighted by Gasteiger charge is 2.26. The Morgan fingerprint density at radius 3 is 2.57 bits per heavy atom. The van der Waals surface area contributed by atoms with Gasteiger partial charge in [-0.15, -0.1) is 11.3 Å². The summed E-state index contributed by atoms with van der Waals surface area (Å²) < 4.78 is 6.79. The molecule has 1 aliphatic heterocycles. The number of nitrogens with one attached hydrogen (secondary N) is 1. The molecule has 0 atom stereocenters. The van der Waals surface area contributed by atoms with E-state index in [-0.39, 0.29) is 11.7 Å². The predicted octanol–water partition coefficient (Wildman–Crippen LogP) is 6.52. The minimum Gasteiger partial charge on any atom is -0.490 e. The molecule has 0 spiro atoms. The number of benzene rings is 3. The zero-order chi connectivity index (χ0) is 25.5. The maximum absolute atomic E-state index is 13.3. The molecule has 3 aromatic carbocycles. The smallest absolute Gasteiger partial charge is 0.356 e. The zero-order valence-electron chi connectivity index (χ0n) is 19.6. The molecular formula is C27H20N4O4S2. The van der Waals surface area contributed by atoms with Crippen LogP contribution in [0.1, 0.15) is 16.1 Å². The van der Waals surface area contributed by atoms with Crippen LogP contribution in [0.3, 0.4) is 0 Å². The molecule has 0 radical (unpaired) electrons. The van der Waals surface area contributed by atoms with Crippen LogP contribution in [0.5, 0.6) is 5.75 Å². The Labute approximate surface area is 219 Å². The number of para-hydroxylation sites is 1. The predicted molar refractivity (Wildman–Crippen MR) is 146 cm³/mol. The van der Waals surface area contributed by atoms with Crippen LogP contribution in [0, 0.1) is 6.92 Å². The molecule has 8 nitrogen and oxygen atoms in total. The number of carboxylic acids is 1. The van der Waals surface area contributed by atoms with Crippen LogP contribution < -0.4 is 15.0 Å². The molecule has 0 saturated carbocycles. The number of hydrogen-bond acceptors (Lipinski definition) is 7. The second-order valence-electron chi connectivity index (χ2n) is 8.47. The van der Waals surface area contributed by atoms with Crippen molar-refractivity contribution in [2.45, 2.75) is 6.92 Å². The van der Waals surface area contributed by atoms with Crippen molar-refractivity contribution in [3.63, 3.8) is 0 Å². The Kier molecular flexibility index (Phi) is 5.82. The van der Waals surface area contributed by atoms with Crippen molar-refractivity contribution in [2.75, 3.05) is 23.4 Å². The zero-order valence-corrected chi connectivity index (χ0v) is 21.2. The number of aromatic nitrogens is 2. The van der Waals surface area contributed by atoms with Gasteiger partial charge in [0.15, 0.2) is 10.8 Å². The normalized spacial score (nSPS) is 12.7. The summed E-state index contributed by atoms with van der Waals surface area (Å²) in [5, 5.41) is 13.8. The minimum atomic E-state index is -1.09. The van der Waals surface area contributed by atoms with E-state index in [0.29, 0.717) is 45.2 Å². The second-order valence-corrected chi connectivity index (χ2v) is 10.5. The Morgan fingerprint density at radius 1 is 1.00 bits per heavy atom. The van der Waals surface area contributed by atoms with Gasteiger partial charge in [0, 0.05) is 5.56 Å². The van der Waals surface area contributed by atoms with Crippen LogP contribution in [0.25, 0.3) is 31.2 Å². The lowest BCUT2D eigenvalue weighted by atomic mass is 10.1. The molecule has 2 aromatic heterocycles. The summed E-state index contributed by atoms with van der Waals surface area (Å²) in [6.07, 6.45) is 0. The number of aryl methyl sites for hydroxylation is 1. The number of aromatic carboxylic acids is 1. The fourth-order valence-electron chi connectivity index (χ4n) is 4.14. The van der Waals surface area contributed by atoms with Crippen LogP contribution >= 0.6 is 22.7 Å². The number of carbonyl (C=O) groups excluding carboxylic acids is 1. The van der Waals surface area contributed by atoms with Gasteiger partial charge in [-0.05, 0) is 42.8 Å². The molecule has 0 aliphatic carbocycles. The quantitative estimate of drug-likeness (QED) is 0.275. The van der Waals surface area contributed by atoms with Crippen molar-refractivity contribution < 1.29 is 19.4 Å². The third-order valence-electron chi connectivity index (χ3n) is 5.97. The lowest BCUT2D eigenvalue weighted by Gasteiger charge is -2.29. The maximum Gasteiger partial charge on any atom is 0.356 e. The molecule has 0 saturated heterocycles. The highest BCUT2D eigenvalue weighted by molar-refractivity contribution is 7.22. The molecule has 184 valence electrons. The van der Waals surface area contributed by atoms with E-state index in [1.165, 1.54) is 22.7 Å². The monoisotopic (exact) mass is 528 g/mol. The average molecular weight is 529 g/mol. The van der Waals surface area contributed by atoms with Crippen LogP contribution in [0.15, 0.2) is 66.7 Å². The van der Waals surface area contributed by atoms with E-state index in [2.05, 4.69) is 15.3 Å². The van der Waals surface area contributed by atoms with Gasteiger partial charge in [-0.1, -0.05) is 53.3 Å². The molecular weight excluding hydrogens is 508 g/mol. The number of carboxylic acid groups (broad SMARTS) is 1. The van der Waals surface area contributed by atoms with E-state index in [1.807, 2.05) is 67.6 Å². The Balaban J connectivity index is 1.33. The largest absolute Gasteiger partial charge is 0.490 e. The Hall–Kier alpha value is -4.28. The standard InChI is InChI=1S/C27H20N4O4S2/c1-15-6-8-16(9-7-15)23-22(25(32)33)29-24(37-23)17-10-11-20-19(14-17)31(12-13-35-20)27(34)30-26-28-18-4-2-3-5-21(18)36-26/h2-11,14H,12-13H2,1H3,(H,32,33)(H,28,30,34). The number of anilines is 2. The van der Waals surface area contributed by atoms with Gasteiger partial charge in [0.25, 0.3) is 0 Å². The number of fused-ring (bicyclic) bond motifs is 2. The highest BCUT2D eigenvalue weighted by Crippen LogP contribution is 2.40. The van der Waals surface area contributed by atoms with Crippen LogP contribution in [-0.2, 0) is 0 Å². The van der Waals surface area contributed by atoms with Crippen molar-refractivity contribution in [1.82, 2.24) is 9.97 Å². The van der Waals surface area contributed by atoms with Crippen molar-refractivity contribution in [2.24, 2.45) is 0 Å². The van der Waals surface area contributed by atoms with E-state index >= 15 is 0 Å². The van der Waals surface area contributed by atoms with Crippen LogP contribution in [-0.4, -0.2) is 40.2 Å². The number of ether oxygens (including phenoxy) is 1. The summed E-state index contributed by atoms with van der Waals surface area (Å²) in [4.78, 5) is 36.4. The van der Waals surface area contributed by atoms with Gasteiger partial charge in [0.1, 0.15) is 17.4 Å². The minimum absolute atomic E-state index is 0.00302. The third kappa shape index (κ3) is 4.41. The summed E-state index contributed by atoms with van der Waals surface area (Å²) in [7, 11) is 0. The number of carbonyl (C=O) groups is 2. The van der Waals surface area contributed by atoms with Gasteiger partial charge in [0.2, 0.25) is 0 Å². The number of rotatable bonds is 4. The van der Waals surface area contributed by atoms with Gasteiger partial charge < -0.3 is 9.84 Å². The number of hydrogen-bond donors (Lipinski definition) is 2. The van der Waals surface area contributed by atoms with Gasteiger partial charge in [-0.2, -0.15) is 0 Å². The lowest BCUT2D eigenvalue weighted by molar-refractivity contribution is 0.0692. The molecule has 6 rings (SSSR count). The summed E-state index contributed by atoms with van der Waals surface area (Å²) in [6.45, 7) is 2.70. The van der Waals surface area contributed by atoms with E-state index in [9.17, 15) is 14.7 Å². The molecule has 2 amide bonds. The topological polar surface area (TPSA) is 105 Å². The fraction of sp³-hybridized carbons (Fsp3) is 0.111.